The molecule has 0 aliphatic heterocycles. The first-order chi connectivity index (χ1) is 15.1. The van der Waals surface area contributed by atoms with E-state index in [1.54, 1.807) is 0 Å². The molecule has 2 aromatic heterocycles. The van der Waals surface area contributed by atoms with Crippen molar-refractivity contribution in [3.8, 4) is 22.6 Å². The third kappa shape index (κ3) is 3.80. The van der Waals surface area contributed by atoms with Crippen LogP contribution in [0.5, 0.6) is 11.5 Å². The SMILES string of the molecule is Cn1cc(-c2cc(S(C)(=O)=O)ccc2Oc2ccc(F)cc2F)c2cc(C=O)[nH]c2c1=O. The van der Waals surface area contributed by atoms with E-state index < -0.39 is 27.0 Å². The van der Waals surface area contributed by atoms with E-state index in [0.29, 0.717) is 23.3 Å². The van der Waals surface area contributed by atoms with Gasteiger partial charge in [0.2, 0.25) is 0 Å². The maximum atomic E-state index is 14.2. The van der Waals surface area contributed by atoms with Gasteiger partial charge in [-0.1, -0.05) is 0 Å². The molecular formula is C22H16F2N2O5S. The van der Waals surface area contributed by atoms with Crippen LogP contribution in [0.2, 0.25) is 0 Å². The number of aryl methyl sites for hydroxylation is 1. The van der Waals surface area contributed by atoms with Crippen LogP contribution in [0.15, 0.2) is 58.4 Å². The number of nitrogens with zero attached hydrogens (tertiary/aromatic N) is 1. The minimum atomic E-state index is -3.62. The maximum Gasteiger partial charge on any atom is 0.274 e. The van der Waals surface area contributed by atoms with Crippen molar-refractivity contribution in [1.82, 2.24) is 9.55 Å². The Hall–Kier alpha value is -3.79. The van der Waals surface area contributed by atoms with E-state index in [-0.39, 0.29) is 33.2 Å². The normalized spacial score (nSPS) is 11.6. The zero-order valence-corrected chi connectivity index (χ0v) is 17.7. The van der Waals surface area contributed by atoms with Crippen molar-refractivity contribution >= 4 is 27.0 Å². The Balaban J connectivity index is 2.02. The lowest BCUT2D eigenvalue weighted by molar-refractivity contribution is 0.111. The molecule has 0 saturated carbocycles. The summed E-state index contributed by atoms with van der Waals surface area (Å²) < 4.78 is 58.7. The molecule has 0 bridgehead atoms. The highest BCUT2D eigenvalue weighted by Gasteiger charge is 2.20. The van der Waals surface area contributed by atoms with Gasteiger partial charge in [0.05, 0.1) is 10.6 Å². The molecule has 0 atom stereocenters. The average Bonchev–Trinajstić information content (AvgIpc) is 3.17. The molecule has 32 heavy (non-hydrogen) atoms. The lowest BCUT2D eigenvalue weighted by atomic mass is 10.0. The fourth-order valence-corrected chi connectivity index (χ4v) is 4.00. The fraction of sp³-hybridized carbons (Fsp3) is 0.0909. The molecule has 0 saturated heterocycles. The zero-order chi connectivity index (χ0) is 23.2. The van der Waals surface area contributed by atoms with Crippen molar-refractivity contribution in [2.75, 3.05) is 6.26 Å². The minimum Gasteiger partial charge on any atom is -0.454 e. The summed E-state index contributed by atoms with van der Waals surface area (Å²) in [4.78, 5) is 26.5. The van der Waals surface area contributed by atoms with Crippen LogP contribution < -0.4 is 10.3 Å². The predicted molar refractivity (Wildman–Crippen MR) is 114 cm³/mol. The second-order valence-electron chi connectivity index (χ2n) is 7.20. The number of aldehydes is 1. The van der Waals surface area contributed by atoms with Gasteiger partial charge in [-0.2, -0.15) is 0 Å². The number of sulfone groups is 1. The summed E-state index contributed by atoms with van der Waals surface area (Å²) in [6, 6.07) is 8.22. The summed E-state index contributed by atoms with van der Waals surface area (Å²) in [6.45, 7) is 0. The molecule has 0 aliphatic carbocycles. The summed E-state index contributed by atoms with van der Waals surface area (Å²) in [6.07, 6.45) is 3.03. The van der Waals surface area contributed by atoms with E-state index >= 15 is 0 Å². The molecule has 7 nitrogen and oxygen atoms in total. The van der Waals surface area contributed by atoms with Gasteiger partial charge in [-0.05, 0) is 36.4 Å². The highest BCUT2D eigenvalue weighted by atomic mass is 32.2. The summed E-state index contributed by atoms with van der Waals surface area (Å²) in [5, 5.41) is 0.352. The highest BCUT2D eigenvalue weighted by molar-refractivity contribution is 7.90. The summed E-state index contributed by atoms with van der Waals surface area (Å²) in [7, 11) is -2.13. The molecule has 0 radical (unpaired) electrons. The Morgan fingerprint density at radius 3 is 2.41 bits per heavy atom. The van der Waals surface area contributed by atoms with E-state index in [9.17, 15) is 26.8 Å². The second-order valence-corrected chi connectivity index (χ2v) is 9.21. The predicted octanol–water partition coefficient (Wildman–Crippen LogP) is 3.82. The number of ether oxygens (including phenoxy) is 1. The topological polar surface area (TPSA) is 98.2 Å². The zero-order valence-electron chi connectivity index (χ0n) is 16.8. The van der Waals surface area contributed by atoms with Crippen molar-refractivity contribution in [3.63, 3.8) is 0 Å². The van der Waals surface area contributed by atoms with Crippen molar-refractivity contribution in [3.05, 3.63) is 76.3 Å². The number of nitrogens with one attached hydrogen (secondary N) is 1. The second kappa shape index (κ2) is 7.72. The Labute approximate surface area is 180 Å². The maximum absolute atomic E-state index is 14.2. The molecule has 0 amide bonds. The van der Waals surface area contributed by atoms with E-state index in [2.05, 4.69) is 4.98 Å². The number of benzene rings is 2. The molecule has 0 unspecified atom stereocenters. The number of aromatic amines is 1. The number of halogens is 2. The molecule has 1 N–H and O–H groups in total. The van der Waals surface area contributed by atoms with Crippen LogP contribution in [0.25, 0.3) is 22.0 Å². The highest BCUT2D eigenvalue weighted by Crippen LogP contribution is 2.38. The van der Waals surface area contributed by atoms with Crippen molar-refractivity contribution < 1.29 is 26.7 Å². The molecule has 4 aromatic rings. The van der Waals surface area contributed by atoms with Gasteiger partial charge in [-0.3, -0.25) is 9.59 Å². The molecular weight excluding hydrogens is 442 g/mol. The van der Waals surface area contributed by atoms with Gasteiger partial charge >= 0.3 is 0 Å². The van der Waals surface area contributed by atoms with Crippen LogP contribution in [0, 0.1) is 11.6 Å². The number of pyridine rings is 1. The third-order valence-corrected chi connectivity index (χ3v) is 6.01. The van der Waals surface area contributed by atoms with E-state index in [1.807, 2.05) is 0 Å². The third-order valence-electron chi connectivity index (χ3n) is 4.90. The lowest BCUT2D eigenvalue weighted by Crippen LogP contribution is -2.16. The number of fused-ring (bicyclic) bond motifs is 1. The first kappa shape index (κ1) is 21.4. The van der Waals surface area contributed by atoms with Crippen LogP contribution >= 0.6 is 0 Å². The number of carbonyl (C=O) groups is 1. The minimum absolute atomic E-state index is 0.0347. The molecule has 2 aromatic carbocycles. The molecule has 4 rings (SSSR count). The van der Waals surface area contributed by atoms with Gasteiger partial charge in [0.1, 0.15) is 17.1 Å². The quantitative estimate of drug-likeness (QED) is 0.459. The first-order valence-electron chi connectivity index (χ1n) is 9.23. The standard InChI is InChI=1S/C22H16F2N2O5S/c1-26-10-17(16-8-13(11-27)25-21(16)22(26)28)15-9-14(32(2,29)30)4-6-19(15)31-20-5-3-12(23)7-18(20)24/h3-11,25H,1-2H3. The summed E-state index contributed by atoms with van der Waals surface area (Å²) >= 11 is 0. The Kier molecular flexibility index (Phi) is 5.17. The van der Waals surface area contributed by atoms with Crippen molar-refractivity contribution in [2.45, 2.75) is 4.90 Å². The Bertz CT molecular complexity index is 1550. The van der Waals surface area contributed by atoms with Crippen LogP contribution in [0.3, 0.4) is 0 Å². The molecule has 164 valence electrons. The number of aromatic nitrogens is 2. The number of hydrogen-bond acceptors (Lipinski definition) is 5. The van der Waals surface area contributed by atoms with E-state index in [0.717, 1.165) is 18.4 Å². The number of carbonyl (C=O) groups excluding carboxylic acids is 1. The van der Waals surface area contributed by atoms with Gasteiger partial charge in [0.25, 0.3) is 5.56 Å². The van der Waals surface area contributed by atoms with Gasteiger partial charge in [0, 0.05) is 42.1 Å². The molecule has 10 heteroatoms. The van der Waals surface area contributed by atoms with Crippen molar-refractivity contribution in [2.24, 2.45) is 7.05 Å². The van der Waals surface area contributed by atoms with Crippen molar-refractivity contribution in [1.29, 1.82) is 0 Å². The smallest absolute Gasteiger partial charge is 0.274 e. The first-order valence-corrected chi connectivity index (χ1v) is 11.1. The van der Waals surface area contributed by atoms with Crippen LogP contribution in [0.4, 0.5) is 8.78 Å². The lowest BCUT2D eigenvalue weighted by Gasteiger charge is -2.15. The molecule has 0 spiro atoms. The average molecular weight is 458 g/mol. The van der Waals surface area contributed by atoms with Gasteiger partial charge < -0.3 is 14.3 Å². The fourth-order valence-electron chi connectivity index (χ4n) is 3.35. The van der Waals surface area contributed by atoms with Crippen LogP contribution in [0.1, 0.15) is 10.5 Å². The van der Waals surface area contributed by atoms with E-state index in [1.165, 1.54) is 42.1 Å². The Morgan fingerprint density at radius 1 is 1.03 bits per heavy atom. The number of H-pyrrole nitrogens is 1. The largest absolute Gasteiger partial charge is 0.454 e. The molecule has 2 heterocycles. The monoisotopic (exact) mass is 458 g/mol. The molecule has 0 fully saturated rings. The van der Waals surface area contributed by atoms with Gasteiger partial charge in [-0.25, -0.2) is 17.2 Å². The number of hydrogen-bond donors (Lipinski definition) is 1. The van der Waals surface area contributed by atoms with Gasteiger partial charge in [-0.15, -0.1) is 0 Å². The Morgan fingerprint density at radius 2 is 1.75 bits per heavy atom. The number of rotatable bonds is 5. The summed E-state index contributed by atoms with van der Waals surface area (Å²) in [5.74, 6) is -1.94. The van der Waals surface area contributed by atoms with Crippen LogP contribution in [-0.2, 0) is 16.9 Å². The molecule has 0 aliphatic rings. The van der Waals surface area contributed by atoms with E-state index in [4.69, 9.17) is 4.74 Å². The summed E-state index contributed by atoms with van der Waals surface area (Å²) in [5.41, 5.74) is 0.484. The van der Waals surface area contributed by atoms with Crippen LogP contribution in [-0.4, -0.2) is 30.5 Å². The van der Waals surface area contributed by atoms with Gasteiger partial charge in [0.15, 0.2) is 27.7 Å².